The van der Waals surface area contributed by atoms with Crippen molar-refractivity contribution in [2.24, 2.45) is 0 Å². The maximum absolute atomic E-state index is 12.9. The molecule has 6 heteroatoms. The van der Waals surface area contributed by atoms with Crippen LogP contribution in [0.25, 0.3) is 0 Å². The molecule has 1 heterocycles. The van der Waals surface area contributed by atoms with Crippen LogP contribution in [0.15, 0.2) is 79.1 Å². The smallest absolute Gasteiger partial charge is 0.253 e. The lowest BCUT2D eigenvalue weighted by Gasteiger charge is -2.22. The fourth-order valence-electron chi connectivity index (χ4n) is 3.74. The Kier molecular flexibility index (Phi) is 6.92. The number of benzene rings is 2. The number of nitrogens with one attached hydrogen (secondary N) is 2. The van der Waals surface area contributed by atoms with Crippen molar-refractivity contribution in [3.05, 3.63) is 95.8 Å². The van der Waals surface area contributed by atoms with Crippen LogP contribution >= 0.6 is 0 Å². The summed E-state index contributed by atoms with van der Waals surface area (Å²) in [6.07, 6.45) is 5.78. The van der Waals surface area contributed by atoms with Gasteiger partial charge < -0.3 is 10.6 Å². The molecular formula is C26H28N4O2. The third-order valence-electron chi connectivity index (χ3n) is 5.61. The van der Waals surface area contributed by atoms with E-state index in [9.17, 15) is 9.59 Å². The average Bonchev–Trinajstić information content (AvgIpc) is 3.66. The van der Waals surface area contributed by atoms with Gasteiger partial charge in [0.15, 0.2) is 0 Å². The van der Waals surface area contributed by atoms with Crippen LogP contribution in [0.5, 0.6) is 0 Å². The number of amides is 2. The molecular weight excluding hydrogens is 400 g/mol. The lowest BCUT2D eigenvalue weighted by atomic mass is 10.1. The average molecular weight is 429 g/mol. The summed E-state index contributed by atoms with van der Waals surface area (Å²) in [5, 5.41) is 5.97. The number of pyridine rings is 1. The van der Waals surface area contributed by atoms with Gasteiger partial charge in [0.05, 0.1) is 23.8 Å². The predicted molar refractivity (Wildman–Crippen MR) is 125 cm³/mol. The number of hydrogen-bond donors (Lipinski definition) is 2. The fraction of sp³-hybridized carbons (Fsp3) is 0.269. The Morgan fingerprint density at radius 2 is 1.78 bits per heavy atom. The molecule has 6 nitrogen and oxygen atoms in total. The van der Waals surface area contributed by atoms with Crippen molar-refractivity contribution in [3.8, 4) is 0 Å². The van der Waals surface area contributed by atoms with Gasteiger partial charge in [0.25, 0.3) is 5.91 Å². The van der Waals surface area contributed by atoms with Gasteiger partial charge in [-0.3, -0.25) is 19.5 Å². The largest absolute Gasteiger partial charge is 0.345 e. The molecule has 1 unspecified atom stereocenters. The number of carbonyl (C=O) groups is 2. The highest BCUT2D eigenvalue weighted by atomic mass is 16.2. The molecule has 0 radical (unpaired) electrons. The number of hydrogen-bond acceptors (Lipinski definition) is 4. The standard InChI is InChI=1S/C26H28N4O2/c1-19(21-9-3-2-4-10-21)28-26(32)23-11-5-6-12-24(23)29-25(31)18-30(22-13-14-22)17-20-8-7-15-27-16-20/h2-12,15-16,19,22H,13-14,17-18H2,1H3,(H,28,32)(H,29,31). The van der Waals surface area contributed by atoms with Crippen molar-refractivity contribution >= 4 is 17.5 Å². The van der Waals surface area contributed by atoms with Gasteiger partial charge in [-0.15, -0.1) is 0 Å². The van der Waals surface area contributed by atoms with Crippen molar-refractivity contribution in [1.82, 2.24) is 15.2 Å². The zero-order valence-electron chi connectivity index (χ0n) is 18.2. The summed E-state index contributed by atoms with van der Waals surface area (Å²) in [7, 11) is 0. The Balaban J connectivity index is 1.40. The highest BCUT2D eigenvalue weighted by molar-refractivity contribution is 6.04. The first-order chi connectivity index (χ1) is 15.6. The summed E-state index contributed by atoms with van der Waals surface area (Å²) in [5.74, 6) is -0.344. The van der Waals surface area contributed by atoms with Gasteiger partial charge in [0.1, 0.15) is 0 Å². The summed E-state index contributed by atoms with van der Waals surface area (Å²) in [4.78, 5) is 32.1. The van der Waals surface area contributed by atoms with E-state index in [0.29, 0.717) is 23.8 Å². The van der Waals surface area contributed by atoms with E-state index in [1.165, 1.54) is 0 Å². The summed E-state index contributed by atoms with van der Waals surface area (Å²) < 4.78 is 0. The minimum absolute atomic E-state index is 0.128. The molecule has 1 fully saturated rings. The Hall–Kier alpha value is -3.51. The Morgan fingerprint density at radius 3 is 2.50 bits per heavy atom. The molecule has 1 atom stereocenters. The minimum atomic E-state index is -0.216. The van der Waals surface area contributed by atoms with Gasteiger partial charge in [-0.25, -0.2) is 0 Å². The lowest BCUT2D eigenvalue weighted by molar-refractivity contribution is -0.117. The van der Waals surface area contributed by atoms with E-state index in [2.05, 4.69) is 20.5 Å². The Labute approximate surface area is 188 Å². The number of carbonyl (C=O) groups excluding carboxylic acids is 2. The van der Waals surface area contributed by atoms with Crippen molar-refractivity contribution in [3.63, 3.8) is 0 Å². The highest BCUT2D eigenvalue weighted by Crippen LogP contribution is 2.28. The van der Waals surface area contributed by atoms with Crippen molar-refractivity contribution in [1.29, 1.82) is 0 Å². The molecule has 0 saturated heterocycles. The maximum Gasteiger partial charge on any atom is 0.253 e. The second-order valence-electron chi connectivity index (χ2n) is 8.20. The van der Waals surface area contributed by atoms with E-state index in [4.69, 9.17) is 0 Å². The Bertz CT molecular complexity index is 1050. The number of para-hydroxylation sites is 1. The van der Waals surface area contributed by atoms with Gasteiger partial charge in [-0.2, -0.15) is 0 Å². The fourth-order valence-corrected chi connectivity index (χ4v) is 3.74. The van der Waals surface area contributed by atoms with E-state index in [0.717, 1.165) is 24.0 Å². The normalized spacial score (nSPS) is 14.1. The van der Waals surface area contributed by atoms with Crippen molar-refractivity contribution < 1.29 is 9.59 Å². The molecule has 1 aliphatic carbocycles. The molecule has 2 N–H and O–H groups in total. The zero-order chi connectivity index (χ0) is 22.3. The highest BCUT2D eigenvalue weighted by Gasteiger charge is 2.30. The molecule has 2 aromatic carbocycles. The zero-order valence-corrected chi connectivity index (χ0v) is 18.2. The number of anilines is 1. The molecule has 0 spiro atoms. The summed E-state index contributed by atoms with van der Waals surface area (Å²) >= 11 is 0. The van der Waals surface area contributed by atoms with Crippen LogP contribution in [0.1, 0.15) is 47.3 Å². The van der Waals surface area contributed by atoms with Crippen LogP contribution in [0.2, 0.25) is 0 Å². The first kappa shape index (κ1) is 21.7. The van der Waals surface area contributed by atoms with E-state index in [1.54, 1.807) is 24.4 Å². The third kappa shape index (κ3) is 5.80. The second-order valence-corrected chi connectivity index (χ2v) is 8.20. The number of aromatic nitrogens is 1. The lowest BCUT2D eigenvalue weighted by Crippen LogP contribution is -2.35. The summed E-state index contributed by atoms with van der Waals surface area (Å²) in [5.41, 5.74) is 3.08. The molecule has 4 rings (SSSR count). The van der Waals surface area contributed by atoms with Gasteiger partial charge in [-0.1, -0.05) is 48.5 Å². The topological polar surface area (TPSA) is 74.3 Å². The third-order valence-corrected chi connectivity index (χ3v) is 5.61. The number of rotatable bonds is 9. The Morgan fingerprint density at radius 1 is 1.03 bits per heavy atom. The second kappa shape index (κ2) is 10.2. The van der Waals surface area contributed by atoms with E-state index < -0.39 is 0 Å². The first-order valence-corrected chi connectivity index (χ1v) is 11.0. The number of nitrogens with zero attached hydrogens (tertiary/aromatic N) is 2. The molecule has 0 aliphatic heterocycles. The van der Waals surface area contributed by atoms with Gasteiger partial charge in [0, 0.05) is 25.0 Å². The van der Waals surface area contributed by atoms with Gasteiger partial charge in [0.2, 0.25) is 5.91 Å². The van der Waals surface area contributed by atoms with Gasteiger partial charge >= 0.3 is 0 Å². The van der Waals surface area contributed by atoms with Gasteiger partial charge in [-0.05, 0) is 49.1 Å². The molecule has 1 saturated carbocycles. The maximum atomic E-state index is 12.9. The summed E-state index contributed by atoms with van der Waals surface area (Å²) in [6, 6.07) is 21.1. The van der Waals surface area contributed by atoms with E-state index in [1.807, 2.05) is 61.7 Å². The van der Waals surface area contributed by atoms with Crippen molar-refractivity contribution in [2.75, 3.05) is 11.9 Å². The van der Waals surface area contributed by atoms with E-state index in [-0.39, 0.29) is 24.4 Å². The monoisotopic (exact) mass is 428 g/mol. The van der Waals surface area contributed by atoms with E-state index >= 15 is 0 Å². The van der Waals surface area contributed by atoms with Crippen molar-refractivity contribution in [2.45, 2.75) is 38.4 Å². The molecule has 1 aliphatic rings. The minimum Gasteiger partial charge on any atom is -0.345 e. The molecule has 0 bridgehead atoms. The molecule has 32 heavy (non-hydrogen) atoms. The quantitative estimate of drug-likeness (QED) is 0.536. The predicted octanol–water partition coefficient (Wildman–Crippen LogP) is 4.18. The first-order valence-electron chi connectivity index (χ1n) is 11.0. The van der Waals surface area contributed by atoms with Crippen LogP contribution in [0, 0.1) is 0 Å². The molecule has 1 aromatic heterocycles. The SMILES string of the molecule is CC(NC(=O)c1ccccc1NC(=O)CN(Cc1cccnc1)C1CC1)c1ccccc1. The molecule has 164 valence electrons. The molecule has 2 amide bonds. The summed E-state index contributed by atoms with van der Waals surface area (Å²) in [6.45, 7) is 2.90. The van der Waals surface area contributed by atoms with Crippen LogP contribution in [0.4, 0.5) is 5.69 Å². The van der Waals surface area contributed by atoms with Crippen LogP contribution in [-0.2, 0) is 11.3 Å². The van der Waals surface area contributed by atoms with Crippen LogP contribution in [-0.4, -0.2) is 34.3 Å². The van der Waals surface area contributed by atoms with Crippen LogP contribution in [0.3, 0.4) is 0 Å². The van der Waals surface area contributed by atoms with Crippen LogP contribution < -0.4 is 10.6 Å². The molecule has 3 aromatic rings.